The lowest BCUT2D eigenvalue weighted by Gasteiger charge is -2.58. The van der Waals surface area contributed by atoms with E-state index >= 15 is 0 Å². The molecule has 0 aromatic rings. The van der Waals surface area contributed by atoms with Gasteiger partial charge in [0.05, 0.1) is 5.76 Å². The Morgan fingerprint density at radius 1 is 1.20 bits per heavy atom. The molecule has 5 rings (SSSR count). The van der Waals surface area contributed by atoms with Gasteiger partial charge in [-0.25, -0.2) is 0 Å². The predicted octanol–water partition coefficient (Wildman–Crippen LogP) is 7.27. The number of fused-ring (bicyclic) bond motifs is 7. The van der Waals surface area contributed by atoms with E-state index in [1.54, 1.807) is 5.57 Å². The first-order valence-electron chi connectivity index (χ1n) is 12.4. The van der Waals surface area contributed by atoms with Crippen molar-refractivity contribution in [2.24, 2.45) is 40.4 Å². The highest BCUT2D eigenvalue weighted by atomic mass is 127. The first kappa shape index (κ1) is 21.5. The van der Waals surface area contributed by atoms with Crippen LogP contribution in [0, 0.1) is 40.4 Å². The van der Waals surface area contributed by atoms with Gasteiger partial charge < -0.3 is 4.74 Å². The van der Waals surface area contributed by atoms with E-state index in [0.717, 1.165) is 49.4 Å². The third kappa shape index (κ3) is 3.10. The lowest BCUT2D eigenvalue weighted by Crippen LogP contribution is -2.50. The van der Waals surface area contributed by atoms with E-state index in [1.165, 1.54) is 47.9 Å². The van der Waals surface area contributed by atoms with Crippen LogP contribution >= 0.6 is 22.6 Å². The molecule has 2 nitrogen and oxygen atoms in total. The Kier molecular flexibility index (Phi) is 5.47. The SMILES string of the molecule is CC1=C(CCC(C)CI)O[C@H]2C[C@H]3[C@@H]4CCC5=CC(=O)CC[C@]5(C)[C@H]4CC[C@]3(C)[C@@H]12. The minimum Gasteiger partial charge on any atom is -0.494 e. The van der Waals surface area contributed by atoms with Gasteiger partial charge in [0, 0.05) is 23.2 Å². The second kappa shape index (κ2) is 7.63. The van der Waals surface area contributed by atoms with E-state index in [2.05, 4.69) is 50.3 Å². The van der Waals surface area contributed by atoms with Crippen LogP contribution in [0.2, 0.25) is 0 Å². The van der Waals surface area contributed by atoms with Crippen LogP contribution in [0.4, 0.5) is 0 Å². The molecule has 166 valence electrons. The maximum Gasteiger partial charge on any atom is 0.155 e. The van der Waals surface area contributed by atoms with Crippen molar-refractivity contribution < 1.29 is 9.53 Å². The molecule has 0 saturated heterocycles. The second-order valence-electron chi connectivity index (χ2n) is 11.8. The van der Waals surface area contributed by atoms with Crippen molar-refractivity contribution >= 4 is 28.4 Å². The highest BCUT2D eigenvalue weighted by Crippen LogP contribution is 2.69. The van der Waals surface area contributed by atoms with Crippen LogP contribution < -0.4 is 0 Å². The van der Waals surface area contributed by atoms with Gasteiger partial charge in [-0.1, -0.05) is 48.9 Å². The summed E-state index contributed by atoms with van der Waals surface area (Å²) in [7, 11) is 0. The maximum atomic E-state index is 12.1. The fraction of sp³-hybridized carbons (Fsp3) is 0.815. The highest BCUT2D eigenvalue weighted by molar-refractivity contribution is 14.1. The molecule has 0 aromatic heterocycles. The number of allylic oxidation sites excluding steroid dienone is 2. The molecule has 3 saturated carbocycles. The lowest BCUT2D eigenvalue weighted by atomic mass is 9.46. The summed E-state index contributed by atoms with van der Waals surface area (Å²) in [4.78, 5) is 12.1. The van der Waals surface area contributed by atoms with Gasteiger partial charge >= 0.3 is 0 Å². The second-order valence-corrected chi connectivity index (χ2v) is 12.7. The van der Waals surface area contributed by atoms with E-state index in [-0.39, 0.29) is 5.41 Å². The quantitative estimate of drug-likeness (QED) is 0.287. The van der Waals surface area contributed by atoms with Gasteiger partial charge in [0.1, 0.15) is 6.10 Å². The average Bonchev–Trinajstić information content (AvgIpc) is 3.20. The molecule has 0 amide bonds. The standard InChI is InChI=1S/C27H39IO2/c1-16(15-28)5-8-23-17(2)25-24(30-23)14-22-20-7-6-18-13-19(29)9-11-26(18,3)21(20)10-12-27(22,25)4/h13,16,20-22,24-25H,5-12,14-15H2,1-4H3/t16?,20-,21+,22+,24+,25+,26+,27+/m1/s1. The molecule has 1 aliphatic heterocycles. The molecule has 4 aliphatic carbocycles. The fourth-order valence-corrected chi connectivity index (χ4v) is 9.04. The topological polar surface area (TPSA) is 26.3 Å². The van der Waals surface area contributed by atoms with Crippen LogP contribution in [-0.2, 0) is 9.53 Å². The van der Waals surface area contributed by atoms with E-state index in [4.69, 9.17) is 4.74 Å². The van der Waals surface area contributed by atoms with Gasteiger partial charge in [0.25, 0.3) is 0 Å². The Bertz CT molecular complexity index is 797. The highest BCUT2D eigenvalue weighted by Gasteiger charge is 2.63. The largest absolute Gasteiger partial charge is 0.494 e. The van der Waals surface area contributed by atoms with E-state index in [1.807, 2.05) is 6.08 Å². The van der Waals surface area contributed by atoms with Crippen LogP contribution in [0.25, 0.3) is 0 Å². The number of alkyl halides is 1. The van der Waals surface area contributed by atoms with Gasteiger partial charge in [-0.15, -0.1) is 0 Å². The molecule has 1 unspecified atom stereocenters. The first-order chi connectivity index (χ1) is 14.3. The van der Waals surface area contributed by atoms with Crippen LogP contribution in [0.5, 0.6) is 0 Å². The van der Waals surface area contributed by atoms with E-state index in [9.17, 15) is 4.79 Å². The summed E-state index contributed by atoms with van der Waals surface area (Å²) in [5.74, 6) is 5.53. The van der Waals surface area contributed by atoms with Crippen molar-refractivity contribution in [3.05, 3.63) is 23.0 Å². The summed E-state index contributed by atoms with van der Waals surface area (Å²) in [6, 6.07) is 0. The number of ketones is 1. The van der Waals surface area contributed by atoms with Crippen molar-refractivity contribution in [1.29, 1.82) is 0 Å². The zero-order chi connectivity index (χ0) is 21.3. The molecule has 30 heavy (non-hydrogen) atoms. The molecule has 3 fully saturated rings. The third-order valence-corrected chi connectivity index (χ3v) is 11.8. The third-order valence-electron chi connectivity index (χ3n) is 10.3. The molecule has 0 aromatic carbocycles. The number of rotatable bonds is 4. The van der Waals surface area contributed by atoms with Gasteiger partial charge in [-0.2, -0.15) is 0 Å². The van der Waals surface area contributed by atoms with Crippen LogP contribution in [0.1, 0.15) is 85.5 Å². The molecule has 0 spiro atoms. The van der Waals surface area contributed by atoms with Gasteiger partial charge in [0.15, 0.2) is 5.78 Å². The molecule has 5 aliphatic rings. The minimum atomic E-state index is 0.280. The normalized spacial score (nSPS) is 45.8. The van der Waals surface area contributed by atoms with Crippen LogP contribution in [0.3, 0.4) is 0 Å². The Balaban J connectivity index is 1.39. The van der Waals surface area contributed by atoms with E-state index in [0.29, 0.717) is 23.2 Å². The molecule has 0 bridgehead atoms. The predicted molar refractivity (Wildman–Crippen MR) is 130 cm³/mol. The summed E-state index contributed by atoms with van der Waals surface area (Å²) < 4.78 is 7.93. The van der Waals surface area contributed by atoms with Gasteiger partial charge in [-0.3, -0.25) is 4.79 Å². The Labute approximate surface area is 196 Å². The average molecular weight is 523 g/mol. The van der Waals surface area contributed by atoms with Crippen molar-refractivity contribution in [1.82, 2.24) is 0 Å². The molecule has 3 heteroatoms. The fourth-order valence-electron chi connectivity index (χ4n) is 8.60. The number of carbonyl (C=O) groups is 1. The van der Waals surface area contributed by atoms with Gasteiger partial charge in [-0.05, 0) is 98.0 Å². The summed E-state index contributed by atoms with van der Waals surface area (Å²) in [5, 5.41) is 0. The van der Waals surface area contributed by atoms with Crippen molar-refractivity contribution in [3.8, 4) is 0 Å². The first-order valence-corrected chi connectivity index (χ1v) is 14.0. The summed E-state index contributed by atoms with van der Waals surface area (Å²) in [6.45, 7) is 9.86. The van der Waals surface area contributed by atoms with Crippen molar-refractivity contribution in [2.75, 3.05) is 4.43 Å². The zero-order valence-corrected chi connectivity index (χ0v) is 21.5. The molecule has 8 atom stereocenters. The number of halogens is 1. The number of carbonyl (C=O) groups excluding carboxylic acids is 1. The molecular formula is C27H39IO2. The summed E-state index contributed by atoms with van der Waals surface area (Å²) in [6.07, 6.45) is 13.1. The number of ether oxygens (including phenoxy) is 1. The molecular weight excluding hydrogens is 483 g/mol. The Morgan fingerprint density at radius 3 is 2.77 bits per heavy atom. The number of hydrogen-bond donors (Lipinski definition) is 0. The van der Waals surface area contributed by atoms with Crippen LogP contribution in [0.15, 0.2) is 23.0 Å². The molecule has 1 heterocycles. The zero-order valence-electron chi connectivity index (χ0n) is 19.3. The lowest BCUT2D eigenvalue weighted by molar-refractivity contribution is -0.117. The molecule has 0 N–H and O–H groups in total. The Morgan fingerprint density at radius 2 is 2.00 bits per heavy atom. The van der Waals surface area contributed by atoms with E-state index < -0.39 is 0 Å². The summed E-state index contributed by atoms with van der Waals surface area (Å²) in [5.41, 5.74) is 3.77. The molecule has 0 radical (unpaired) electrons. The van der Waals surface area contributed by atoms with Gasteiger partial charge in [0.2, 0.25) is 0 Å². The summed E-state index contributed by atoms with van der Waals surface area (Å²) >= 11 is 2.51. The Hall–Kier alpha value is -0.320. The number of hydrogen-bond acceptors (Lipinski definition) is 2. The monoisotopic (exact) mass is 522 g/mol. The van der Waals surface area contributed by atoms with Crippen LogP contribution in [-0.4, -0.2) is 16.3 Å². The minimum absolute atomic E-state index is 0.280. The van der Waals surface area contributed by atoms with Crippen molar-refractivity contribution in [2.45, 2.75) is 91.6 Å². The smallest absolute Gasteiger partial charge is 0.155 e. The maximum absolute atomic E-state index is 12.1. The van der Waals surface area contributed by atoms with Crippen molar-refractivity contribution in [3.63, 3.8) is 0 Å².